The minimum absolute atomic E-state index is 0.111. The smallest absolute Gasteiger partial charge is 0.339 e. The van der Waals surface area contributed by atoms with Gasteiger partial charge in [-0.1, -0.05) is 0 Å². The molecule has 1 aromatic heterocycles. The molecule has 0 amide bonds. The van der Waals surface area contributed by atoms with Crippen molar-refractivity contribution in [2.24, 2.45) is 0 Å². The maximum atomic E-state index is 11.1. The van der Waals surface area contributed by atoms with Crippen molar-refractivity contribution in [2.75, 3.05) is 5.43 Å². The van der Waals surface area contributed by atoms with Crippen molar-refractivity contribution in [2.45, 2.75) is 6.54 Å². The minimum atomic E-state index is -1.16. The predicted molar refractivity (Wildman–Crippen MR) is 100 cm³/mol. The van der Waals surface area contributed by atoms with E-state index in [0.29, 0.717) is 15.9 Å². The number of carbonyl (C=O) groups is 1. The van der Waals surface area contributed by atoms with Gasteiger partial charge in [0.2, 0.25) is 0 Å². The zero-order valence-corrected chi connectivity index (χ0v) is 15.0. The highest BCUT2D eigenvalue weighted by molar-refractivity contribution is 14.1. The van der Waals surface area contributed by atoms with E-state index in [2.05, 4.69) is 15.8 Å². The summed E-state index contributed by atoms with van der Waals surface area (Å²) in [5.41, 5.74) is 8.45. The number of carboxylic acids is 1. The Labute approximate surface area is 156 Å². The zero-order chi connectivity index (χ0) is 17.8. The number of hydrazine groups is 1. The number of rotatable bonds is 6. The number of benzene rings is 2. The highest BCUT2D eigenvalue weighted by atomic mass is 127. The number of aromatic hydroxyl groups is 1. The summed E-state index contributed by atoms with van der Waals surface area (Å²) < 4.78 is 5.72. The van der Waals surface area contributed by atoms with E-state index in [1.165, 1.54) is 12.5 Å². The molecule has 3 rings (SSSR count). The quantitative estimate of drug-likeness (QED) is 0.336. The van der Waals surface area contributed by atoms with Crippen LogP contribution < -0.4 is 10.9 Å². The second-order valence-electron chi connectivity index (χ2n) is 5.20. The molecular formula is C17H14IN3O4. The van der Waals surface area contributed by atoms with Crippen LogP contribution >= 0.6 is 22.6 Å². The van der Waals surface area contributed by atoms with E-state index < -0.39 is 5.97 Å². The molecule has 7 nitrogen and oxygen atoms in total. The third kappa shape index (κ3) is 4.09. The van der Waals surface area contributed by atoms with Crippen LogP contribution in [0.5, 0.6) is 5.75 Å². The van der Waals surface area contributed by atoms with E-state index in [1.54, 1.807) is 12.3 Å². The Morgan fingerprint density at radius 2 is 2.00 bits per heavy atom. The summed E-state index contributed by atoms with van der Waals surface area (Å²) in [6.45, 7) is 0.389. The van der Waals surface area contributed by atoms with Gasteiger partial charge in [0.25, 0.3) is 0 Å². The number of hydrogen-bond acceptors (Lipinski definition) is 6. The topological polar surface area (TPSA) is 108 Å². The van der Waals surface area contributed by atoms with Crippen molar-refractivity contribution in [3.63, 3.8) is 0 Å². The van der Waals surface area contributed by atoms with Gasteiger partial charge in [-0.25, -0.2) is 15.2 Å². The van der Waals surface area contributed by atoms with Crippen molar-refractivity contribution in [3.05, 3.63) is 63.7 Å². The first-order valence-corrected chi connectivity index (χ1v) is 8.35. The monoisotopic (exact) mass is 451 g/mol. The van der Waals surface area contributed by atoms with Gasteiger partial charge >= 0.3 is 5.97 Å². The Kier molecular flexibility index (Phi) is 5.19. The number of nitrogens with zero attached hydrogens (tertiary/aromatic N) is 1. The fourth-order valence-electron chi connectivity index (χ4n) is 2.24. The Balaban J connectivity index is 1.62. The molecule has 128 valence electrons. The molecule has 25 heavy (non-hydrogen) atoms. The number of oxazole rings is 1. The molecule has 1 heterocycles. The molecule has 0 saturated carbocycles. The molecule has 0 unspecified atom stereocenters. The number of phenols is 1. The van der Waals surface area contributed by atoms with Crippen LogP contribution in [0.1, 0.15) is 15.9 Å². The van der Waals surface area contributed by atoms with E-state index in [4.69, 9.17) is 9.52 Å². The summed E-state index contributed by atoms with van der Waals surface area (Å²) in [7, 11) is 0. The normalized spacial score (nSPS) is 10.6. The van der Waals surface area contributed by atoms with Crippen LogP contribution in [0.25, 0.3) is 11.3 Å². The van der Waals surface area contributed by atoms with Gasteiger partial charge in [0, 0.05) is 17.8 Å². The molecular weight excluding hydrogens is 437 g/mol. The average Bonchev–Trinajstić information content (AvgIpc) is 3.13. The van der Waals surface area contributed by atoms with E-state index >= 15 is 0 Å². The minimum Gasteiger partial charge on any atom is -0.506 e. The zero-order valence-electron chi connectivity index (χ0n) is 12.9. The highest BCUT2D eigenvalue weighted by Gasteiger charge is 2.14. The lowest BCUT2D eigenvalue weighted by Gasteiger charge is -2.11. The van der Waals surface area contributed by atoms with Crippen molar-refractivity contribution in [1.82, 2.24) is 10.4 Å². The van der Waals surface area contributed by atoms with Gasteiger partial charge in [0.05, 0.1) is 9.77 Å². The maximum absolute atomic E-state index is 11.1. The van der Waals surface area contributed by atoms with Crippen molar-refractivity contribution >= 4 is 34.2 Å². The Hall–Kier alpha value is -2.59. The molecule has 0 atom stereocenters. The van der Waals surface area contributed by atoms with Gasteiger partial charge in [-0.3, -0.25) is 0 Å². The highest BCUT2D eigenvalue weighted by Crippen LogP contribution is 2.26. The Morgan fingerprint density at radius 1 is 1.24 bits per heavy atom. The van der Waals surface area contributed by atoms with Crippen LogP contribution in [0.15, 0.2) is 53.4 Å². The van der Waals surface area contributed by atoms with Gasteiger partial charge < -0.3 is 20.1 Å². The van der Waals surface area contributed by atoms with E-state index in [1.807, 2.05) is 46.9 Å². The molecule has 0 aliphatic carbocycles. The number of nitrogens with one attached hydrogen (secondary N) is 2. The first-order chi connectivity index (χ1) is 12.0. The molecule has 0 bridgehead atoms. The number of halogens is 1. The van der Waals surface area contributed by atoms with E-state index in [0.717, 1.165) is 16.8 Å². The lowest BCUT2D eigenvalue weighted by molar-refractivity contribution is 0.0693. The molecule has 0 radical (unpaired) electrons. The Morgan fingerprint density at radius 3 is 2.64 bits per heavy atom. The summed E-state index contributed by atoms with van der Waals surface area (Å²) >= 11 is 1.91. The maximum Gasteiger partial charge on any atom is 0.339 e. The van der Waals surface area contributed by atoms with Gasteiger partial charge in [-0.2, -0.15) is 0 Å². The lowest BCUT2D eigenvalue weighted by atomic mass is 10.1. The van der Waals surface area contributed by atoms with Gasteiger partial charge in [0.1, 0.15) is 11.3 Å². The second kappa shape index (κ2) is 7.53. The van der Waals surface area contributed by atoms with Crippen molar-refractivity contribution in [1.29, 1.82) is 0 Å². The molecule has 0 aliphatic heterocycles. The summed E-state index contributed by atoms with van der Waals surface area (Å²) in [5, 5.41) is 18.9. The molecule has 2 aromatic carbocycles. The largest absolute Gasteiger partial charge is 0.506 e. The van der Waals surface area contributed by atoms with Crippen molar-refractivity contribution < 1.29 is 19.4 Å². The van der Waals surface area contributed by atoms with Gasteiger partial charge in [-0.05, 0) is 64.6 Å². The average molecular weight is 451 g/mol. The second-order valence-corrected chi connectivity index (χ2v) is 6.36. The fourth-order valence-corrected chi connectivity index (χ4v) is 2.94. The number of aromatic nitrogens is 1. The number of anilines is 1. The summed E-state index contributed by atoms with van der Waals surface area (Å²) in [6, 6.07) is 10.7. The molecule has 0 aliphatic rings. The first-order valence-electron chi connectivity index (χ1n) is 7.27. The predicted octanol–water partition coefficient (Wildman–Crippen LogP) is 3.47. The molecule has 3 aromatic rings. The molecule has 8 heteroatoms. The van der Waals surface area contributed by atoms with Gasteiger partial charge in [-0.15, -0.1) is 0 Å². The summed E-state index contributed by atoms with van der Waals surface area (Å²) in [4.78, 5) is 15.0. The number of hydrogen-bond donors (Lipinski definition) is 4. The first kappa shape index (κ1) is 17.2. The standard InChI is InChI=1S/C17H14IN3O4/c18-14-6-10(5-13(16(14)22)17(23)24)7-20-21-12-3-1-11(2-4-12)15-8-19-9-25-15/h1-6,8-9,20-22H,7H2,(H,23,24). The van der Waals surface area contributed by atoms with Crippen LogP contribution in [0, 0.1) is 3.57 Å². The van der Waals surface area contributed by atoms with Gasteiger partial charge in [0.15, 0.2) is 12.2 Å². The van der Waals surface area contributed by atoms with Crippen molar-refractivity contribution in [3.8, 4) is 17.1 Å². The molecule has 0 spiro atoms. The molecule has 0 fully saturated rings. The number of carboxylic acid groups (broad SMARTS) is 1. The van der Waals surface area contributed by atoms with E-state index in [9.17, 15) is 9.90 Å². The third-order valence-electron chi connectivity index (χ3n) is 3.48. The number of aromatic carboxylic acids is 1. The van der Waals surface area contributed by atoms with Crippen LogP contribution in [-0.2, 0) is 6.54 Å². The summed E-state index contributed by atoms with van der Waals surface area (Å²) in [6.07, 6.45) is 3.03. The van der Waals surface area contributed by atoms with E-state index in [-0.39, 0.29) is 11.3 Å². The van der Waals surface area contributed by atoms with Crippen LogP contribution in [0.2, 0.25) is 0 Å². The molecule has 4 N–H and O–H groups in total. The molecule has 0 saturated heterocycles. The Bertz CT molecular complexity index is 880. The van der Waals surface area contributed by atoms with Crippen LogP contribution in [0.4, 0.5) is 5.69 Å². The SMILES string of the molecule is O=C(O)c1cc(CNNc2ccc(-c3cnco3)cc2)cc(I)c1O. The van der Waals surface area contributed by atoms with Crippen LogP contribution in [-0.4, -0.2) is 21.2 Å². The van der Waals surface area contributed by atoms with Crippen LogP contribution in [0.3, 0.4) is 0 Å². The summed E-state index contributed by atoms with van der Waals surface area (Å²) in [5.74, 6) is -0.680. The third-order valence-corrected chi connectivity index (χ3v) is 4.30. The lowest BCUT2D eigenvalue weighted by Crippen LogP contribution is -2.21. The fraction of sp³-hybridized carbons (Fsp3) is 0.0588.